The largest absolute Gasteiger partial charge is 0.394 e. The normalized spacial score (nSPS) is 33.6. The highest BCUT2D eigenvalue weighted by Crippen LogP contribution is 2.28. The van der Waals surface area contributed by atoms with Crippen LogP contribution in [0.5, 0.6) is 0 Å². The topological polar surface area (TPSA) is 44.7 Å². The van der Waals surface area contributed by atoms with Gasteiger partial charge in [-0.1, -0.05) is 0 Å². The Hall–Kier alpha value is -0.160. The predicted octanol–water partition coefficient (Wildman–Crippen LogP) is 0.210. The standard InChI is InChI=1S/C12H24N2O2/c1-14(4-6-16-7-5-15)12-8-10-2-3-11(9-12)13-10/h10-13,15H,2-9H2,1H3. The second-order valence-electron chi connectivity index (χ2n) is 5.08. The highest BCUT2D eigenvalue weighted by Gasteiger charge is 2.34. The van der Waals surface area contributed by atoms with Gasteiger partial charge in [0.25, 0.3) is 0 Å². The zero-order chi connectivity index (χ0) is 11.4. The monoisotopic (exact) mass is 228 g/mol. The van der Waals surface area contributed by atoms with Crippen LogP contribution in [0.1, 0.15) is 25.7 Å². The van der Waals surface area contributed by atoms with Crippen molar-refractivity contribution in [2.75, 3.05) is 33.4 Å². The molecule has 2 aliphatic heterocycles. The van der Waals surface area contributed by atoms with E-state index in [9.17, 15) is 0 Å². The summed E-state index contributed by atoms with van der Waals surface area (Å²) >= 11 is 0. The van der Waals surface area contributed by atoms with Gasteiger partial charge in [-0.2, -0.15) is 0 Å². The fourth-order valence-electron chi connectivity index (χ4n) is 2.94. The summed E-state index contributed by atoms with van der Waals surface area (Å²) in [6.45, 7) is 2.30. The Balaban J connectivity index is 1.67. The zero-order valence-corrected chi connectivity index (χ0v) is 10.2. The van der Waals surface area contributed by atoms with Crippen molar-refractivity contribution in [3.63, 3.8) is 0 Å². The number of aliphatic hydroxyl groups excluding tert-OH is 1. The first-order valence-electron chi connectivity index (χ1n) is 6.44. The van der Waals surface area contributed by atoms with E-state index in [1.165, 1.54) is 25.7 Å². The fraction of sp³-hybridized carbons (Fsp3) is 1.00. The third kappa shape index (κ3) is 3.17. The van der Waals surface area contributed by atoms with Crippen LogP contribution < -0.4 is 5.32 Å². The summed E-state index contributed by atoms with van der Waals surface area (Å²) in [5.41, 5.74) is 0. The molecular formula is C12H24N2O2. The summed E-state index contributed by atoms with van der Waals surface area (Å²) < 4.78 is 5.31. The molecule has 0 aromatic carbocycles. The summed E-state index contributed by atoms with van der Waals surface area (Å²) in [5, 5.41) is 12.3. The first kappa shape index (κ1) is 12.3. The maximum absolute atomic E-state index is 8.61. The molecule has 4 heteroatoms. The van der Waals surface area contributed by atoms with Gasteiger partial charge in [0, 0.05) is 24.7 Å². The van der Waals surface area contributed by atoms with Crippen LogP contribution in [-0.4, -0.2) is 61.5 Å². The van der Waals surface area contributed by atoms with Crippen molar-refractivity contribution in [3.05, 3.63) is 0 Å². The molecular weight excluding hydrogens is 204 g/mol. The molecule has 2 aliphatic rings. The van der Waals surface area contributed by atoms with Gasteiger partial charge in [0.15, 0.2) is 0 Å². The lowest BCUT2D eigenvalue weighted by molar-refractivity contribution is 0.0636. The Bertz CT molecular complexity index is 201. The van der Waals surface area contributed by atoms with Crippen molar-refractivity contribution in [1.82, 2.24) is 10.2 Å². The van der Waals surface area contributed by atoms with E-state index in [4.69, 9.17) is 9.84 Å². The van der Waals surface area contributed by atoms with Crippen molar-refractivity contribution in [2.24, 2.45) is 0 Å². The molecule has 2 heterocycles. The Morgan fingerprint density at radius 3 is 2.56 bits per heavy atom. The molecule has 2 N–H and O–H groups in total. The summed E-state index contributed by atoms with van der Waals surface area (Å²) in [6, 6.07) is 2.23. The average Bonchev–Trinajstić information content (AvgIpc) is 2.63. The Morgan fingerprint density at radius 2 is 1.94 bits per heavy atom. The van der Waals surface area contributed by atoms with Crippen LogP contribution in [0.15, 0.2) is 0 Å². The minimum atomic E-state index is 0.126. The highest BCUT2D eigenvalue weighted by molar-refractivity contribution is 4.95. The van der Waals surface area contributed by atoms with E-state index >= 15 is 0 Å². The molecule has 94 valence electrons. The number of nitrogens with zero attached hydrogens (tertiary/aromatic N) is 1. The van der Waals surface area contributed by atoms with E-state index in [-0.39, 0.29) is 6.61 Å². The van der Waals surface area contributed by atoms with Crippen LogP contribution in [0, 0.1) is 0 Å². The summed E-state index contributed by atoms with van der Waals surface area (Å²) in [6.07, 6.45) is 5.28. The van der Waals surface area contributed by atoms with Gasteiger partial charge < -0.3 is 20.1 Å². The third-order valence-electron chi connectivity index (χ3n) is 3.90. The van der Waals surface area contributed by atoms with E-state index in [0.717, 1.165) is 31.3 Å². The summed E-state index contributed by atoms with van der Waals surface area (Å²) in [7, 11) is 2.19. The smallest absolute Gasteiger partial charge is 0.0698 e. The molecule has 0 aromatic rings. The molecule has 0 radical (unpaired) electrons. The van der Waals surface area contributed by atoms with Gasteiger partial charge in [-0.25, -0.2) is 0 Å². The lowest BCUT2D eigenvalue weighted by Gasteiger charge is -2.35. The number of hydrogen-bond donors (Lipinski definition) is 2. The maximum Gasteiger partial charge on any atom is 0.0698 e. The number of fused-ring (bicyclic) bond motifs is 2. The Kier molecular flexibility index (Phi) is 4.58. The first-order valence-corrected chi connectivity index (χ1v) is 6.44. The van der Waals surface area contributed by atoms with E-state index in [1.54, 1.807) is 0 Å². The first-order chi connectivity index (χ1) is 7.79. The van der Waals surface area contributed by atoms with Crippen LogP contribution in [0.25, 0.3) is 0 Å². The molecule has 2 unspecified atom stereocenters. The quantitative estimate of drug-likeness (QED) is 0.638. The van der Waals surface area contributed by atoms with E-state index < -0.39 is 0 Å². The van der Waals surface area contributed by atoms with Gasteiger partial charge in [-0.15, -0.1) is 0 Å². The fourth-order valence-corrected chi connectivity index (χ4v) is 2.94. The van der Waals surface area contributed by atoms with Crippen molar-refractivity contribution >= 4 is 0 Å². The van der Waals surface area contributed by atoms with Gasteiger partial charge in [0.05, 0.1) is 19.8 Å². The van der Waals surface area contributed by atoms with Gasteiger partial charge in [0.1, 0.15) is 0 Å². The third-order valence-corrected chi connectivity index (χ3v) is 3.90. The van der Waals surface area contributed by atoms with Crippen LogP contribution in [0.4, 0.5) is 0 Å². The number of ether oxygens (including phenoxy) is 1. The maximum atomic E-state index is 8.61. The Morgan fingerprint density at radius 1 is 1.25 bits per heavy atom. The van der Waals surface area contributed by atoms with Gasteiger partial charge in [-0.05, 0) is 32.7 Å². The average molecular weight is 228 g/mol. The molecule has 2 bridgehead atoms. The number of nitrogens with one attached hydrogen (secondary N) is 1. The second kappa shape index (κ2) is 5.96. The molecule has 16 heavy (non-hydrogen) atoms. The number of hydrogen-bond acceptors (Lipinski definition) is 4. The SMILES string of the molecule is CN(CCOCCO)C1CC2CCC(C1)N2. The summed E-state index contributed by atoms with van der Waals surface area (Å²) in [4.78, 5) is 2.42. The molecule has 0 aliphatic carbocycles. The lowest BCUT2D eigenvalue weighted by atomic mass is 9.99. The highest BCUT2D eigenvalue weighted by atomic mass is 16.5. The van der Waals surface area contributed by atoms with Gasteiger partial charge in [0.2, 0.25) is 0 Å². The number of piperidine rings is 1. The molecule has 4 nitrogen and oxygen atoms in total. The molecule has 0 amide bonds. The molecule has 0 saturated carbocycles. The molecule has 2 saturated heterocycles. The van der Waals surface area contributed by atoms with Gasteiger partial charge in [-0.3, -0.25) is 0 Å². The van der Waals surface area contributed by atoms with Crippen molar-refractivity contribution in [3.8, 4) is 0 Å². The molecule has 0 spiro atoms. The number of aliphatic hydroxyl groups is 1. The zero-order valence-electron chi connectivity index (χ0n) is 10.2. The van der Waals surface area contributed by atoms with Crippen LogP contribution >= 0.6 is 0 Å². The van der Waals surface area contributed by atoms with Gasteiger partial charge >= 0.3 is 0 Å². The Labute approximate surface area is 98.0 Å². The number of rotatable bonds is 6. The minimum Gasteiger partial charge on any atom is -0.394 e. The molecule has 2 fully saturated rings. The van der Waals surface area contributed by atoms with E-state index in [1.807, 2.05) is 0 Å². The van der Waals surface area contributed by atoms with Crippen molar-refractivity contribution in [2.45, 2.75) is 43.8 Å². The molecule has 2 rings (SSSR count). The van der Waals surface area contributed by atoms with Crippen molar-refractivity contribution < 1.29 is 9.84 Å². The van der Waals surface area contributed by atoms with E-state index in [0.29, 0.717) is 6.61 Å². The molecule has 0 aromatic heterocycles. The van der Waals surface area contributed by atoms with Crippen LogP contribution in [0.3, 0.4) is 0 Å². The minimum absolute atomic E-state index is 0.126. The number of likely N-dealkylation sites (N-methyl/N-ethyl adjacent to an activating group) is 1. The second-order valence-corrected chi connectivity index (χ2v) is 5.08. The van der Waals surface area contributed by atoms with Crippen LogP contribution in [-0.2, 0) is 4.74 Å². The lowest BCUT2D eigenvalue weighted by Crippen LogP contribution is -2.47. The van der Waals surface area contributed by atoms with E-state index in [2.05, 4.69) is 17.3 Å². The van der Waals surface area contributed by atoms with Crippen LogP contribution in [0.2, 0.25) is 0 Å². The van der Waals surface area contributed by atoms with Crippen molar-refractivity contribution in [1.29, 1.82) is 0 Å². The summed E-state index contributed by atoms with van der Waals surface area (Å²) in [5.74, 6) is 0. The predicted molar refractivity (Wildman–Crippen MR) is 63.5 cm³/mol. The molecule has 2 atom stereocenters.